The minimum atomic E-state index is -3.66. The van der Waals surface area contributed by atoms with Gasteiger partial charge in [-0.1, -0.05) is 17.7 Å². The first kappa shape index (κ1) is 22.9. The number of hydrogen-bond acceptors (Lipinski definition) is 5. The minimum Gasteiger partial charge on any atom is -0.497 e. The van der Waals surface area contributed by atoms with Crippen molar-refractivity contribution in [2.75, 3.05) is 24.2 Å². The van der Waals surface area contributed by atoms with Crippen LogP contribution < -0.4 is 19.1 Å². The number of ether oxygens (including phenoxy) is 2. The van der Waals surface area contributed by atoms with Gasteiger partial charge in [-0.25, -0.2) is 8.42 Å². The van der Waals surface area contributed by atoms with Gasteiger partial charge in [0, 0.05) is 12.0 Å². The van der Waals surface area contributed by atoms with Crippen molar-refractivity contribution < 1.29 is 22.7 Å². The molecule has 0 saturated carbocycles. The Kier molecular flexibility index (Phi) is 6.23. The molecule has 8 heteroatoms. The summed E-state index contributed by atoms with van der Waals surface area (Å²) in [5.74, 6) is 0.952. The molecule has 168 valence electrons. The standard InChI is InChI=1S/C23H30N2O5S/c1-15-7-9-20(16(2)11-15)25(31(6,27)28)14-22(26)24-19-13-23(3,4)30-21-10-8-17(29-5)12-18(19)21/h7-12,19H,13-14H2,1-6H3,(H,24,26). The number of nitrogens with one attached hydrogen (secondary N) is 1. The maximum atomic E-state index is 13.0. The van der Waals surface area contributed by atoms with Crippen molar-refractivity contribution in [1.29, 1.82) is 0 Å². The second kappa shape index (κ2) is 8.42. The lowest BCUT2D eigenvalue weighted by Gasteiger charge is -2.38. The Labute approximate surface area is 184 Å². The number of hydrogen-bond donors (Lipinski definition) is 1. The van der Waals surface area contributed by atoms with E-state index in [4.69, 9.17) is 9.47 Å². The van der Waals surface area contributed by atoms with E-state index in [1.165, 1.54) is 0 Å². The largest absolute Gasteiger partial charge is 0.497 e. The van der Waals surface area contributed by atoms with E-state index >= 15 is 0 Å². The second-order valence-electron chi connectivity index (χ2n) is 8.65. The lowest BCUT2D eigenvalue weighted by Crippen LogP contribution is -2.45. The molecule has 1 N–H and O–H groups in total. The molecule has 7 nitrogen and oxygen atoms in total. The molecule has 1 aliphatic rings. The summed E-state index contributed by atoms with van der Waals surface area (Å²) in [6.07, 6.45) is 1.65. The summed E-state index contributed by atoms with van der Waals surface area (Å²) in [7, 11) is -2.08. The lowest BCUT2D eigenvalue weighted by atomic mass is 9.89. The van der Waals surface area contributed by atoms with Crippen LogP contribution in [0.5, 0.6) is 11.5 Å². The third kappa shape index (κ3) is 5.31. The van der Waals surface area contributed by atoms with Crippen LogP contribution in [0.1, 0.15) is 43.0 Å². The molecule has 1 aliphatic heterocycles. The molecule has 0 saturated heterocycles. The number of carbonyl (C=O) groups is 1. The Bertz CT molecular complexity index is 1100. The van der Waals surface area contributed by atoms with Crippen LogP contribution in [-0.2, 0) is 14.8 Å². The highest BCUT2D eigenvalue weighted by Gasteiger charge is 2.35. The van der Waals surface area contributed by atoms with Crippen LogP contribution in [-0.4, -0.2) is 39.8 Å². The zero-order valence-electron chi connectivity index (χ0n) is 18.9. The maximum Gasteiger partial charge on any atom is 0.241 e. The first-order valence-corrected chi connectivity index (χ1v) is 12.0. The van der Waals surface area contributed by atoms with Gasteiger partial charge < -0.3 is 14.8 Å². The molecule has 0 aliphatic carbocycles. The van der Waals surface area contributed by atoms with Crippen molar-refractivity contribution in [3.05, 3.63) is 53.1 Å². The van der Waals surface area contributed by atoms with Crippen LogP contribution in [0, 0.1) is 13.8 Å². The maximum absolute atomic E-state index is 13.0. The van der Waals surface area contributed by atoms with Crippen LogP contribution in [0.25, 0.3) is 0 Å². The summed E-state index contributed by atoms with van der Waals surface area (Å²) in [6, 6.07) is 10.6. The molecule has 2 aromatic carbocycles. The average Bonchev–Trinajstić information content (AvgIpc) is 2.65. The van der Waals surface area contributed by atoms with Gasteiger partial charge in [0.15, 0.2) is 0 Å². The fraction of sp³-hybridized carbons (Fsp3) is 0.435. The van der Waals surface area contributed by atoms with E-state index < -0.39 is 15.6 Å². The van der Waals surface area contributed by atoms with Gasteiger partial charge in [-0.2, -0.15) is 0 Å². The van der Waals surface area contributed by atoms with Crippen molar-refractivity contribution in [3.8, 4) is 11.5 Å². The predicted molar refractivity (Wildman–Crippen MR) is 121 cm³/mol. The van der Waals surface area contributed by atoms with Gasteiger partial charge in [-0.3, -0.25) is 9.10 Å². The summed E-state index contributed by atoms with van der Waals surface area (Å²) < 4.78 is 37.5. The third-order valence-electron chi connectivity index (χ3n) is 5.32. The van der Waals surface area contributed by atoms with E-state index in [9.17, 15) is 13.2 Å². The number of benzene rings is 2. The van der Waals surface area contributed by atoms with Crippen LogP contribution in [0.4, 0.5) is 5.69 Å². The molecule has 31 heavy (non-hydrogen) atoms. The van der Waals surface area contributed by atoms with E-state index in [1.54, 1.807) is 13.2 Å². The number of rotatable bonds is 6. The van der Waals surface area contributed by atoms with Crippen molar-refractivity contribution in [3.63, 3.8) is 0 Å². The quantitative estimate of drug-likeness (QED) is 0.734. The Morgan fingerprint density at radius 2 is 1.94 bits per heavy atom. The van der Waals surface area contributed by atoms with Crippen molar-refractivity contribution in [2.45, 2.75) is 45.8 Å². The van der Waals surface area contributed by atoms with Gasteiger partial charge in [0.25, 0.3) is 0 Å². The van der Waals surface area contributed by atoms with E-state index in [-0.39, 0.29) is 18.5 Å². The predicted octanol–water partition coefficient (Wildman–Crippen LogP) is 3.50. The number of sulfonamides is 1. The molecule has 1 amide bonds. The van der Waals surface area contributed by atoms with Gasteiger partial charge in [0.2, 0.25) is 15.9 Å². The number of aryl methyl sites for hydroxylation is 2. The third-order valence-corrected chi connectivity index (χ3v) is 6.44. The summed E-state index contributed by atoms with van der Waals surface area (Å²) >= 11 is 0. The Morgan fingerprint density at radius 1 is 1.23 bits per heavy atom. The molecule has 1 unspecified atom stereocenters. The van der Waals surface area contributed by atoms with Gasteiger partial charge >= 0.3 is 0 Å². The molecule has 1 atom stereocenters. The summed E-state index contributed by atoms with van der Waals surface area (Å²) in [4.78, 5) is 13.0. The molecule has 0 aromatic heterocycles. The monoisotopic (exact) mass is 446 g/mol. The van der Waals surface area contributed by atoms with Gasteiger partial charge in [-0.15, -0.1) is 0 Å². The molecule has 0 radical (unpaired) electrons. The highest BCUT2D eigenvalue weighted by molar-refractivity contribution is 7.92. The highest BCUT2D eigenvalue weighted by Crippen LogP contribution is 2.41. The molecule has 1 heterocycles. The van der Waals surface area contributed by atoms with E-state index in [2.05, 4.69) is 5.32 Å². The smallest absolute Gasteiger partial charge is 0.241 e. The van der Waals surface area contributed by atoms with Gasteiger partial charge in [-0.05, 0) is 57.5 Å². The Hall–Kier alpha value is -2.74. The number of methoxy groups -OCH3 is 1. The number of fused-ring (bicyclic) bond motifs is 1. The summed E-state index contributed by atoms with van der Waals surface area (Å²) in [5.41, 5.74) is 2.64. The van der Waals surface area contributed by atoms with Gasteiger partial charge in [0.05, 0.1) is 25.1 Å². The Morgan fingerprint density at radius 3 is 2.55 bits per heavy atom. The summed E-state index contributed by atoms with van der Waals surface area (Å²) in [5, 5.41) is 3.00. The van der Waals surface area contributed by atoms with Crippen molar-refractivity contribution in [2.24, 2.45) is 0 Å². The molecular formula is C23H30N2O5S. The van der Waals surface area contributed by atoms with Crippen LogP contribution in [0.3, 0.4) is 0 Å². The fourth-order valence-electron chi connectivity index (χ4n) is 3.93. The molecule has 0 bridgehead atoms. The zero-order valence-corrected chi connectivity index (χ0v) is 19.7. The molecule has 2 aromatic rings. The SMILES string of the molecule is COc1ccc2c(c1)C(NC(=O)CN(c1ccc(C)cc1C)S(C)(=O)=O)CC(C)(C)O2. The average molecular weight is 447 g/mol. The Balaban J connectivity index is 1.88. The molecule has 0 spiro atoms. The van der Waals surface area contributed by atoms with Gasteiger partial charge in [0.1, 0.15) is 23.6 Å². The van der Waals surface area contributed by atoms with E-state index in [0.717, 1.165) is 27.3 Å². The normalized spacial score (nSPS) is 17.3. The van der Waals surface area contributed by atoms with Crippen LogP contribution in [0.15, 0.2) is 36.4 Å². The second-order valence-corrected chi connectivity index (χ2v) is 10.6. The first-order valence-electron chi connectivity index (χ1n) is 10.1. The first-order chi connectivity index (χ1) is 14.4. The molecule has 3 rings (SSSR count). The topological polar surface area (TPSA) is 84.9 Å². The highest BCUT2D eigenvalue weighted by atomic mass is 32.2. The van der Waals surface area contributed by atoms with Crippen LogP contribution in [0.2, 0.25) is 0 Å². The van der Waals surface area contributed by atoms with Crippen LogP contribution >= 0.6 is 0 Å². The number of nitrogens with zero attached hydrogens (tertiary/aromatic N) is 1. The van der Waals surface area contributed by atoms with E-state index in [1.807, 2.05) is 58.0 Å². The number of carbonyl (C=O) groups excluding carboxylic acids is 1. The molecule has 0 fully saturated rings. The fourth-order valence-corrected chi connectivity index (χ4v) is 4.84. The number of amides is 1. The van der Waals surface area contributed by atoms with E-state index in [0.29, 0.717) is 23.6 Å². The lowest BCUT2D eigenvalue weighted by molar-refractivity contribution is -0.120. The molecular weight excluding hydrogens is 416 g/mol. The van der Waals surface area contributed by atoms with Crippen molar-refractivity contribution >= 4 is 21.6 Å². The van der Waals surface area contributed by atoms with Crippen molar-refractivity contribution in [1.82, 2.24) is 5.32 Å². The number of anilines is 1. The summed E-state index contributed by atoms with van der Waals surface area (Å²) in [6.45, 7) is 7.38. The minimum absolute atomic E-state index is 0.306. The zero-order chi connectivity index (χ0) is 23.0.